The van der Waals surface area contributed by atoms with Crippen molar-refractivity contribution < 1.29 is 10.2 Å². The summed E-state index contributed by atoms with van der Waals surface area (Å²) >= 11 is 8.56. The Balaban J connectivity index is 2.82. The zero-order chi connectivity index (χ0) is 9.84. The van der Waals surface area contributed by atoms with Crippen LogP contribution in [0.4, 0.5) is 0 Å². The number of aliphatic hydroxyl groups excluding tert-OH is 2. The maximum absolute atomic E-state index is 9.53. The van der Waals surface area contributed by atoms with Gasteiger partial charge in [-0.05, 0) is 33.6 Å². The first-order valence-electron chi connectivity index (χ1n) is 3.68. The predicted octanol–water partition coefficient (Wildman–Crippen LogP) is 1.48. The van der Waals surface area contributed by atoms with Gasteiger partial charge in [0, 0.05) is 6.20 Å². The van der Waals surface area contributed by atoms with Crippen molar-refractivity contribution in [3.63, 3.8) is 0 Å². The first-order chi connectivity index (χ1) is 6.15. The van der Waals surface area contributed by atoms with E-state index in [-0.39, 0.29) is 5.88 Å². The van der Waals surface area contributed by atoms with Gasteiger partial charge < -0.3 is 10.2 Å². The molecule has 5 heteroatoms. The van der Waals surface area contributed by atoms with E-state index in [1.807, 2.05) is 0 Å². The Morgan fingerprint density at radius 2 is 2.23 bits per heavy atom. The molecule has 0 spiro atoms. The average Bonchev–Trinajstić information content (AvgIpc) is 2.15. The van der Waals surface area contributed by atoms with Crippen LogP contribution in [0.1, 0.15) is 11.7 Å². The number of pyridine rings is 1. The van der Waals surface area contributed by atoms with Gasteiger partial charge in [0.25, 0.3) is 0 Å². The number of hydrogen-bond donors (Lipinski definition) is 2. The van der Waals surface area contributed by atoms with E-state index in [9.17, 15) is 10.2 Å². The summed E-state index contributed by atoms with van der Waals surface area (Å²) in [7, 11) is 0. The van der Waals surface area contributed by atoms with Crippen LogP contribution in [0.5, 0.6) is 0 Å². The Labute approximate surface area is 89.5 Å². The van der Waals surface area contributed by atoms with Crippen LogP contribution < -0.4 is 0 Å². The maximum atomic E-state index is 9.53. The van der Waals surface area contributed by atoms with Crippen LogP contribution in [0.2, 0.25) is 0 Å². The smallest absolute Gasteiger partial charge is 0.106 e. The summed E-state index contributed by atoms with van der Waals surface area (Å²) in [6.45, 7) is 0. The minimum absolute atomic E-state index is 0.00110. The third-order valence-electron chi connectivity index (χ3n) is 1.61. The highest BCUT2D eigenvalue weighted by Crippen LogP contribution is 2.19. The third kappa shape index (κ3) is 2.91. The van der Waals surface area contributed by atoms with Crippen LogP contribution >= 0.6 is 27.5 Å². The van der Waals surface area contributed by atoms with Crippen molar-refractivity contribution in [3.8, 4) is 0 Å². The predicted molar refractivity (Wildman–Crippen MR) is 53.6 cm³/mol. The highest BCUT2D eigenvalue weighted by atomic mass is 79.9. The minimum Gasteiger partial charge on any atom is -0.389 e. The Bertz CT molecular complexity index is 285. The van der Waals surface area contributed by atoms with Gasteiger partial charge in [0.1, 0.15) is 10.7 Å². The lowest BCUT2D eigenvalue weighted by Gasteiger charge is -2.15. The van der Waals surface area contributed by atoms with Crippen molar-refractivity contribution in [1.82, 2.24) is 4.98 Å². The fourth-order valence-electron chi connectivity index (χ4n) is 0.908. The summed E-state index contributed by atoms with van der Waals surface area (Å²) in [5.41, 5.74) is 0.593. The van der Waals surface area contributed by atoms with Crippen LogP contribution in [0, 0.1) is 0 Å². The van der Waals surface area contributed by atoms with E-state index in [0.29, 0.717) is 10.2 Å². The Morgan fingerprint density at radius 1 is 1.54 bits per heavy atom. The van der Waals surface area contributed by atoms with Crippen molar-refractivity contribution >= 4 is 27.5 Å². The first-order valence-corrected chi connectivity index (χ1v) is 5.01. The molecule has 1 heterocycles. The van der Waals surface area contributed by atoms with E-state index in [1.54, 1.807) is 18.3 Å². The fraction of sp³-hybridized carbons (Fsp3) is 0.375. The van der Waals surface area contributed by atoms with E-state index in [4.69, 9.17) is 11.6 Å². The Hall–Kier alpha value is -0.160. The molecular weight excluding hydrogens is 257 g/mol. The van der Waals surface area contributed by atoms with Gasteiger partial charge in [-0.15, -0.1) is 11.6 Å². The molecule has 0 aromatic carbocycles. The Kier molecular flexibility index (Phi) is 4.12. The molecule has 13 heavy (non-hydrogen) atoms. The van der Waals surface area contributed by atoms with Gasteiger partial charge in [-0.2, -0.15) is 0 Å². The van der Waals surface area contributed by atoms with Gasteiger partial charge in [0.15, 0.2) is 0 Å². The van der Waals surface area contributed by atoms with Gasteiger partial charge in [-0.1, -0.05) is 0 Å². The maximum Gasteiger partial charge on any atom is 0.106 e. The molecule has 0 saturated carbocycles. The topological polar surface area (TPSA) is 53.4 Å². The molecule has 1 aromatic heterocycles. The number of aliphatic hydroxyl groups is 2. The third-order valence-corrected chi connectivity index (χ3v) is 2.36. The second-order valence-corrected chi connectivity index (χ2v) is 3.70. The van der Waals surface area contributed by atoms with Crippen LogP contribution in [0.3, 0.4) is 0 Å². The molecular formula is C8H9BrClNO2. The van der Waals surface area contributed by atoms with Gasteiger partial charge in [-0.3, -0.25) is 0 Å². The molecule has 0 saturated heterocycles. The minimum atomic E-state index is -0.961. The van der Waals surface area contributed by atoms with Gasteiger partial charge in [-0.25, -0.2) is 4.98 Å². The first kappa shape index (κ1) is 10.9. The monoisotopic (exact) mass is 265 g/mol. The summed E-state index contributed by atoms with van der Waals surface area (Å²) in [5.74, 6) is 0.00110. The van der Waals surface area contributed by atoms with Crippen LogP contribution in [0.15, 0.2) is 22.9 Å². The number of alkyl halides is 1. The molecule has 0 radical (unpaired) electrons. The molecule has 2 unspecified atom stereocenters. The number of hydrogen-bond acceptors (Lipinski definition) is 3. The second-order valence-electron chi connectivity index (χ2n) is 2.58. The second kappa shape index (κ2) is 4.91. The van der Waals surface area contributed by atoms with Crippen molar-refractivity contribution in [2.24, 2.45) is 0 Å². The van der Waals surface area contributed by atoms with E-state index in [2.05, 4.69) is 20.9 Å². The molecule has 72 valence electrons. The fourth-order valence-corrected chi connectivity index (χ4v) is 1.46. The highest BCUT2D eigenvalue weighted by molar-refractivity contribution is 9.10. The van der Waals surface area contributed by atoms with E-state index < -0.39 is 12.2 Å². The quantitative estimate of drug-likeness (QED) is 0.643. The number of rotatable bonds is 3. The molecule has 2 N–H and O–H groups in total. The highest BCUT2D eigenvalue weighted by Gasteiger charge is 2.17. The van der Waals surface area contributed by atoms with Gasteiger partial charge in [0.05, 0.1) is 12.0 Å². The summed E-state index contributed by atoms with van der Waals surface area (Å²) in [4.78, 5) is 3.90. The zero-order valence-electron chi connectivity index (χ0n) is 6.69. The SMILES string of the molecule is OC(CCl)C(O)c1ccnc(Br)c1. The summed E-state index contributed by atoms with van der Waals surface area (Å²) in [6, 6.07) is 3.27. The standard InChI is InChI=1S/C8H9BrClNO2/c9-7-3-5(1-2-11-7)8(13)6(12)4-10/h1-3,6,8,12-13H,4H2. The zero-order valence-corrected chi connectivity index (χ0v) is 9.03. The van der Waals surface area contributed by atoms with Crippen LogP contribution in [-0.4, -0.2) is 27.2 Å². The molecule has 0 aliphatic rings. The summed E-state index contributed by atoms with van der Waals surface area (Å²) < 4.78 is 0.617. The number of halogens is 2. The van der Waals surface area contributed by atoms with E-state index in [0.717, 1.165) is 0 Å². The average molecular weight is 267 g/mol. The Morgan fingerprint density at radius 3 is 2.77 bits per heavy atom. The van der Waals surface area contributed by atoms with Crippen molar-refractivity contribution in [2.75, 3.05) is 5.88 Å². The lowest BCUT2D eigenvalue weighted by atomic mass is 10.1. The molecule has 0 aliphatic carbocycles. The number of nitrogens with zero attached hydrogens (tertiary/aromatic N) is 1. The molecule has 3 nitrogen and oxygen atoms in total. The van der Waals surface area contributed by atoms with E-state index in [1.165, 1.54) is 0 Å². The van der Waals surface area contributed by atoms with Crippen LogP contribution in [0.25, 0.3) is 0 Å². The van der Waals surface area contributed by atoms with Crippen molar-refractivity contribution in [1.29, 1.82) is 0 Å². The molecule has 0 amide bonds. The van der Waals surface area contributed by atoms with Crippen LogP contribution in [-0.2, 0) is 0 Å². The molecule has 1 aromatic rings. The van der Waals surface area contributed by atoms with E-state index >= 15 is 0 Å². The summed E-state index contributed by atoms with van der Waals surface area (Å²) in [6.07, 6.45) is -0.364. The van der Waals surface area contributed by atoms with Crippen molar-refractivity contribution in [2.45, 2.75) is 12.2 Å². The lowest BCUT2D eigenvalue weighted by Crippen LogP contribution is -2.19. The largest absolute Gasteiger partial charge is 0.389 e. The lowest BCUT2D eigenvalue weighted by molar-refractivity contribution is 0.0326. The van der Waals surface area contributed by atoms with Crippen molar-refractivity contribution in [3.05, 3.63) is 28.5 Å². The molecule has 2 atom stereocenters. The van der Waals surface area contributed by atoms with Gasteiger partial charge >= 0.3 is 0 Å². The number of aromatic nitrogens is 1. The molecule has 0 bridgehead atoms. The van der Waals surface area contributed by atoms with Gasteiger partial charge in [0.2, 0.25) is 0 Å². The normalized spacial score (nSPS) is 15.4. The molecule has 0 fully saturated rings. The molecule has 0 aliphatic heterocycles. The summed E-state index contributed by atoms with van der Waals surface area (Å²) in [5, 5.41) is 18.8. The molecule has 1 rings (SSSR count).